The van der Waals surface area contributed by atoms with E-state index in [1.807, 2.05) is 0 Å². The number of hydrogen-bond donors (Lipinski definition) is 1. The molecule has 0 fully saturated rings. The summed E-state index contributed by atoms with van der Waals surface area (Å²) in [5.74, 6) is -0.756. The van der Waals surface area contributed by atoms with Crippen molar-refractivity contribution in [1.29, 1.82) is 5.26 Å². The first-order valence-electron chi connectivity index (χ1n) is 8.41. The Hall–Kier alpha value is -3.86. The molecule has 1 amide bonds. The van der Waals surface area contributed by atoms with Gasteiger partial charge in [-0.1, -0.05) is 42.5 Å². The van der Waals surface area contributed by atoms with Gasteiger partial charge in [0.15, 0.2) is 0 Å². The third-order valence-electron chi connectivity index (χ3n) is 4.34. The van der Waals surface area contributed by atoms with E-state index in [0.29, 0.717) is 5.56 Å². The zero-order valence-corrected chi connectivity index (χ0v) is 14.9. The largest absolute Gasteiger partial charge is 0.417 e. The van der Waals surface area contributed by atoms with Gasteiger partial charge in [-0.05, 0) is 29.3 Å². The number of nitrogens with zero attached hydrogens (tertiary/aromatic N) is 2. The topological polar surface area (TPSA) is 88.9 Å². The maximum absolute atomic E-state index is 13.5. The summed E-state index contributed by atoms with van der Waals surface area (Å²) >= 11 is 0. The zero-order valence-electron chi connectivity index (χ0n) is 14.9. The molecule has 0 aliphatic carbocycles. The standard InChI is InChI=1S/C21H14F3N3O2/c22-21(23,24)17-10-18(14-7-4-8-15(9-14)19(26)28)27(20(29)16(17)11-25)12-13-5-2-1-3-6-13/h1-10H,12H2,(H2,26,28). The number of rotatable bonds is 4. The lowest BCUT2D eigenvalue weighted by Crippen LogP contribution is -2.28. The quantitative estimate of drug-likeness (QED) is 0.730. The summed E-state index contributed by atoms with van der Waals surface area (Å²) in [5.41, 5.74) is 2.76. The lowest BCUT2D eigenvalue weighted by molar-refractivity contribution is -0.137. The molecule has 0 spiro atoms. The molecule has 1 heterocycles. The minimum Gasteiger partial charge on any atom is -0.366 e. The number of hydrogen-bond acceptors (Lipinski definition) is 3. The van der Waals surface area contributed by atoms with Gasteiger partial charge in [-0.15, -0.1) is 0 Å². The SMILES string of the molecule is N#Cc1c(C(F)(F)F)cc(-c2cccc(C(N)=O)c2)n(Cc2ccccc2)c1=O. The Morgan fingerprint density at radius 1 is 1.07 bits per heavy atom. The lowest BCUT2D eigenvalue weighted by Gasteiger charge is -2.18. The molecule has 0 saturated heterocycles. The number of alkyl halides is 3. The van der Waals surface area contributed by atoms with E-state index >= 15 is 0 Å². The number of amides is 1. The van der Waals surface area contributed by atoms with Gasteiger partial charge in [-0.3, -0.25) is 9.59 Å². The van der Waals surface area contributed by atoms with E-state index < -0.39 is 28.8 Å². The number of carbonyl (C=O) groups excluding carboxylic acids is 1. The Morgan fingerprint density at radius 2 is 1.76 bits per heavy atom. The predicted octanol–water partition coefficient (Wildman–Crippen LogP) is 3.55. The second kappa shape index (κ2) is 7.64. The highest BCUT2D eigenvalue weighted by Gasteiger charge is 2.36. The molecule has 1 aromatic heterocycles. The van der Waals surface area contributed by atoms with Crippen LogP contribution in [0.1, 0.15) is 27.0 Å². The van der Waals surface area contributed by atoms with Gasteiger partial charge in [0.2, 0.25) is 5.91 Å². The van der Waals surface area contributed by atoms with Crippen LogP contribution >= 0.6 is 0 Å². The van der Waals surface area contributed by atoms with Crippen LogP contribution in [0.3, 0.4) is 0 Å². The average molecular weight is 397 g/mol. The Balaban J connectivity index is 2.34. The third-order valence-corrected chi connectivity index (χ3v) is 4.34. The van der Waals surface area contributed by atoms with Crippen molar-refractivity contribution in [3.8, 4) is 17.3 Å². The van der Waals surface area contributed by atoms with Crippen molar-refractivity contribution in [2.45, 2.75) is 12.7 Å². The molecule has 146 valence electrons. The van der Waals surface area contributed by atoms with Gasteiger partial charge in [-0.25, -0.2) is 0 Å². The molecular weight excluding hydrogens is 383 g/mol. The van der Waals surface area contributed by atoms with Crippen molar-refractivity contribution in [3.05, 3.63) is 93.3 Å². The maximum atomic E-state index is 13.5. The van der Waals surface area contributed by atoms with Gasteiger partial charge in [0.1, 0.15) is 11.6 Å². The highest BCUT2D eigenvalue weighted by Crippen LogP contribution is 2.33. The van der Waals surface area contributed by atoms with Crippen LogP contribution in [0.4, 0.5) is 13.2 Å². The minimum absolute atomic E-state index is 0.0530. The minimum atomic E-state index is -4.90. The van der Waals surface area contributed by atoms with E-state index in [4.69, 9.17) is 5.73 Å². The Kier molecular flexibility index (Phi) is 5.24. The fourth-order valence-corrected chi connectivity index (χ4v) is 2.97. The van der Waals surface area contributed by atoms with Crippen molar-refractivity contribution in [2.75, 3.05) is 0 Å². The first kappa shape index (κ1) is 19.9. The first-order chi connectivity index (χ1) is 13.7. The van der Waals surface area contributed by atoms with Gasteiger partial charge < -0.3 is 10.3 Å². The molecule has 0 saturated carbocycles. The van der Waals surface area contributed by atoms with Crippen molar-refractivity contribution < 1.29 is 18.0 Å². The van der Waals surface area contributed by atoms with E-state index in [2.05, 4.69) is 0 Å². The summed E-state index contributed by atoms with van der Waals surface area (Å²) in [5, 5.41) is 9.21. The molecule has 3 rings (SSSR count). The highest BCUT2D eigenvalue weighted by atomic mass is 19.4. The number of aromatic nitrogens is 1. The van der Waals surface area contributed by atoms with Gasteiger partial charge in [-0.2, -0.15) is 18.4 Å². The second-order valence-corrected chi connectivity index (χ2v) is 6.25. The van der Waals surface area contributed by atoms with Crippen molar-refractivity contribution in [3.63, 3.8) is 0 Å². The van der Waals surface area contributed by atoms with Crippen molar-refractivity contribution in [1.82, 2.24) is 4.57 Å². The molecule has 0 aliphatic heterocycles. The highest BCUT2D eigenvalue weighted by molar-refractivity contribution is 5.94. The summed E-state index contributed by atoms with van der Waals surface area (Å²) < 4.78 is 41.6. The molecule has 2 aromatic carbocycles. The van der Waals surface area contributed by atoms with Gasteiger partial charge in [0.05, 0.1) is 17.8 Å². The molecule has 8 heteroatoms. The number of nitriles is 1. The van der Waals surface area contributed by atoms with Crippen LogP contribution in [0.15, 0.2) is 65.5 Å². The van der Waals surface area contributed by atoms with Crippen LogP contribution < -0.4 is 11.3 Å². The molecular formula is C21H14F3N3O2. The predicted molar refractivity (Wildman–Crippen MR) is 99.9 cm³/mol. The summed E-state index contributed by atoms with van der Waals surface area (Å²) in [4.78, 5) is 24.3. The monoisotopic (exact) mass is 397 g/mol. The smallest absolute Gasteiger partial charge is 0.366 e. The van der Waals surface area contributed by atoms with Crippen LogP contribution in [-0.4, -0.2) is 10.5 Å². The fraction of sp³-hybridized carbons (Fsp3) is 0.0952. The van der Waals surface area contributed by atoms with E-state index in [9.17, 15) is 28.0 Å². The Bertz CT molecular complexity index is 1180. The number of nitrogens with two attached hydrogens (primary N) is 1. The lowest BCUT2D eigenvalue weighted by atomic mass is 10.0. The van der Waals surface area contributed by atoms with Crippen LogP contribution in [0.25, 0.3) is 11.3 Å². The zero-order chi connectivity index (χ0) is 21.2. The Labute approximate surface area is 163 Å². The maximum Gasteiger partial charge on any atom is 0.417 e. The fourth-order valence-electron chi connectivity index (χ4n) is 2.97. The summed E-state index contributed by atoms with van der Waals surface area (Å²) in [6.45, 7) is -0.0530. The van der Waals surface area contributed by atoms with Crippen LogP contribution in [0, 0.1) is 11.3 Å². The summed E-state index contributed by atoms with van der Waals surface area (Å²) in [6, 6.07) is 16.4. The molecule has 3 aromatic rings. The third kappa shape index (κ3) is 4.04. The first-order valence-corrected chi connectivity index (χ1v) is 8.41. The molecule has 2 N–H and O–H groups in total. The van der Waals surface area contributed by atoms with Gasteiger partial charge in [0.25, 0.3) is 5.56 Å². The second-order valence-electron chi connectivity index (χ2n) is 6.25. The van der Waals surface area contributed by atoms with Gasteiger partial charge >= 0.3 is 6.18 Å². The number of carbonyl (C=O) groups is 1. The van der Waals surface area contributed by atoms with E-state index in [1.54, 1.807) is 30.3 Å². The van der Waals surface area contributed by atoms with Crippen LogP contribution in [0.2, 0.25) is 0 Å². The summed E-state index contributed by atoms with van der Waals surface area (Å²) in [6.07, 6.45) is -4.90. The van der Waals surface area contributed by atoms with Crippen molar-refractivity contribution >= 4 is 5.91 Å². The molecule has 0 radical (unpaired) electrons. The van der Waals surface area contributed by atoms with Crippen LogP contribution in [-0.2, 0) is 12.7 Å². The van der Waals surface area contributed by atoms with Gasteiger partial charge in [0, 0.05) is 5.56 Å². The number of primary amides is 1. The van der Waals surface area contributed by atoms with Crippen molar-refractivity contribution in [2.24, 2.45) is 5.73 Å². The van der Waals surface area contributed by atoms with E-state index in [0.717, 1.165) is 10.6 Å². The van der Waals surface area contributed by atoms with E-state index in [-0.39, 0.29) is 23.4 Å². The number of benzene rings is 2. The summed E-state index contributed by atoms with van der Waals surface area (Å²) in [7, 11) is 0. The molecule has 0 aliphatic rings. The number of halogens is 3. The molecule has 0 bridgehead atoms. The molecule has 29 heavy (non-hydrogen) atoms. The van der Waals surface area contributed by atoms with Crippen LogP contribution in [0.5, 0.6) is 0 Å². The molecule has 0 unspecified atom stereocenters. The Morgan fingerprint density at radius 3 is 2.34 bits per heavy atom. The normalized spacial score (nSPS) is 11.1. The average Bonchev–Trinajstić information content (AvgIpc) is 2.69. The number of pyridine rings is 1. The molecule has 0 atom stereocenters. The molecule has 5 nitrogen and oxygen atoms in total. The van der Waals surface area contributed by atoms with E-state index in [1.165, 1.54) is 30.3 Å².